The zero-order valence-electron chi connectivity index (χ0n) is 12.2. The molecule has 0 aliphatic carbocycles. The monoisotopic (exact) mass is 270 g/mol. The Kier molecular flexibility index (Phi) is 3.84. The number of benzene rings is 1. The number of hydrogen-bond acceptors (Lipinski definition) is 3. The zero-order chi connectivity index (χ0) is 14.9. The molecule has 0 aliphatic rings. The molecule has 0 unspecified atom stereocenters. The number of aryl methyl sites for hydroxylation is 4. The lowest BCUT2D eigenvalue weighted by molar-refractivity contribution is 0.0890. The van der Waals surface area contributed by atoms with Crippen molar-refractivity contribution in [1.29, 1.82) is 0 Å². The van der Waals surface area contributed by atoms with Crippen LogP contribution in [0.25, 0.3) is 0 Å². The average Bonchev–Trinajstić information content (AvgIpc) is 2.74. The van der Waals surface area contributed by atoms with Gasteiger partial charge in [0.15, 0.2) is 11.6 Å². The van der Waals surface area contributed by atoms with E-state index in [4.69, 9.17) is 0 Å². The van der Waals surface area contributed by atoms with Crippen LogP contribution >= 0.6 is 0 Å². The van der Waals surface area contributed by atoms with E-state index in [0.29, 0.717) is 11.3 Å². The smallest absolute Gasteiger partial charge is 0.190 e. The van der Waals surface area contributed by atoms with Crippen LogP contribution in [0.4, 0.5) is 0 Å². The Morgan fingerprint density at radius 2 is 1.70 bits per heavy atom. The van der Waals surface area contributed by atoms with Gasteiger partial charge in [0.05, 0.1) is 6.42 Å². The Hall–Kier alpha value is -2.23. The first-order valence-corrected chi connectivity index (χ1v) is 6.52. The highest BCUT2D eigenvalue weighted by atomic mass is 16.1. The van der Waals surface area contributed by atoms with Crippen molar-refractivity contribution in [1.82, 2.24) is 9.78 Å². The van der Waals surface area contributed by atoms with Crippen LogP contribution in [0, 0.1) is 20.8 Å². The van der Waals surface area contributed by atoms with Gasteiger partial charge >= 0.3 is 0 Å². The fourth-order valence-corrected chi connectivity index (χ4v) is 2.51. The van der Waals surface area contributed by atoms with E-state index >= 15 is 0 Å². The van der Waals surface area contributed by atoms with Gasteiger partial charge in [-0.25, -0.2) is 0 Å². The first kappa shape index (κ1) is 14.2. The molecule has 0 radical (unpaired) electrons. The summed E-state index contributed by atoms with van der Waals surface area (Å²) in [6.07, 6.45) is 1.56. The second-order valence-electron chi connectivity index (χ2n) is 5.17. The molecule has 0 saturated carbocycles. The van der Waals surface area contributed by atoms with Crippen molar-refractivity contribution in [2.75, 3.05) is 0 Å². The van der Waals surface area contributed by atoms with Crippen molar-refractivity contribution < 1.29 is 9.59 Å². The predicted octanol–water partition coefficient (Wildman–Crippen LogP) is 2.80. The summed E-state index contributed by atoms with van der Waals surface area (Å²) in [5, 5.41) is 4.03. The second-order valence-corrected chi connectivity index (χ2v) is 5.17. The molecule has 104 valence electrons. The van der Waals surface area contributed by atoms with Gasteiger partial charge in [0.1, 0.15) is 5.69 Å². The van der Waals surface area contributed by atoms with E-state index in [-0.39, 0.29) is 18.0 Å². The first-order chi connectivity index (χ1) is 9.38. The summed E-state index contributed by atoms with van der Waals surface area (Å²) in [4.78, 5) is 24.4. The Bertz CT molecular complexity index is 661. The highest BCUT2D eigenvalue weighted by molar-refractivity contribution is 6.13. The molecule has 0 aliphatic heterocycles. The van der Waals surface area contributed by atoms with Gasteiger partial charge < -0.3 is 0 Å². The van der Waals surface area contributed by atoms with Crippen molar-refractivity contribution in [2.45, 2.75) is 27.2 Å². The third kappa shape index (κ3) is 2.85. The number of carbonyl (C=O) groups is 2. The number of hydrogen-bond donors (Lipinski definition) is 0. The van der Waals surface area contributed by atoms with E-state index in [1.807, 2.05) is 32.9 Å². The lowest BCUT2D eigenvalue weighted by Gasteiger charge is -2.09. The molecule has 2 aromatic rings. The van der Waals surface area contributed by atoms with E-state index in [1.54, 1.807) is 24.0 Å². The summed E-state index contributed by atoms with van der Waals surface area (Å²) in [7, 11) is 1.74. The minimum Gasteiger partial charge on any atom is -0.294 e. The van der Waals surface area contributed by atoms with Crippen molar-refractivity contribution in [3.8, 4) is 0 Å². The molecule has 0 amide bonds. The molecule has 0 bridgehead atoms. The van der Waals surface area contributed by atoms with Gasteiger partial charge in [0, 0.05) is 18.8 Å². The van der Waals surface area contributed by atoms with E-state index in [0.717, 1.165) is 16.7 Å². The van der Waals surface area contributed by atoms with Gasteiger partial charge in [-0.05, 0) is 38.0 Å². The SMILES string of the molecule is Cc1cc(C)c(C(=O)CC(=O)c2ccn(C)n2)c(C)c1. The number of ketones is 2. The van der Waals surface area contributed by atoms with Crippen LogP contribution in [-0.4, -0.2) is 21.3 Å². The van der Waals surface area contributed by atoms with Gasteiger partial charge in [-0.2, -0.15) is 5.10 Å². The molecular formula is C16H18N2O2. The third-order valence-corrected chi connectivity index (χ3v) is 3.28. The maximum Gasteiger partial charge on any atom is 0.190 e. The molecule has 4 heteroatoms. The summed E-state index contributed by atoms with van der Waals surface area (Å²) >= 11 is 0. The fourth-order valence-electron chi connectivity index (χ4n) is 2.51. The molecule has 0 atom stereocenters. The number of aromatic nitrogens is 2. The third-order valence-electron chi connectivity index (χ3n) is 3.28. The quantitative estimate of drug-likeness (QED) is 0.634. The molecular weight excluding hydrogens is 252 g/mol. The lowest BCUT2D eigenvalue weighted by Crippen LogP contribution is -2.12. The Morgan fingerprint density at radius 3 is 2.20 bits per heavy atom. The zero-order valence-corrected chi connectivity index (χ0v) is 12.2. The van der Waals surface area contributed by atoms with E-state index in [9.17, 15) is 9.59 Å². The fraction of sp³-hybridized carbons (Fsp3) is 0.312. The number of rotatable bonds is 4. The largest absolute Gasteiger partial charge is 0.294 e. The molecule has 1 aromatic heterocycles. The highest BCUT2D eigenvalue weighted by Gasteiger charge is 2.18. The molecule has 1 heterocycles. The van der Waals surface area contributed by atoms with Crippen LogP contribution < -0.4 is 0 Å². The van der Waals surface area contributed by atoms with Crippen molar-refractivity contribution in [3.05, 3.63) is 52.3 Å². The topological polar surface area (TPSA) is 52.0 Å². The maximum absolute atomic E-state index is 12.3. The van der Waals surface area contributed by atoms with Crippen LogP contribution in [0.5, 0.6) is 0 Å². The Labute approximate surface area is 118 Å². The molecule has 2 rings (SSSR count). The summed E-state index contributed by atoms with van der Waals surface area (Å²) in [5.74, 6) is -0.384. The summed E-state index contributed by atoms with van der Waals surface area (Å²) in [6.45, 7) is 5.80. The van der Waals surface area contributed by atoms with Crippen molar-refractivity contribution in [2.24, 2.45) is 7.05 Å². The number of carbonyl (C=O) groups excluding carboxylic acids is 2. The lowest BCUT2D eigenvalue weighted by atomic mass is 9.94. The van der Waals surface area contributed by atoms with Crippen molar-refractivity contribution >= 4 is 11.6 Å². The molecule has 1 aromatic carbocycles. The number of Topliss-reactive ketones (excluding diaryl/α,β-unsaturated/α-hetero) is 2. The molecule has 4 nitrogen and oxygen atoms in total. The van der Waals surface area contributed by atoms with Crippen LogP contribution in [0.3, 0.4) is 0 Å². The maximum atomic E-state index is 12.3. The summed E-state index contributed by atoms with van der Waals surface area (Å²) in [5.41, 5.74) is 3.94. The van der Waals surface area contributed by atoms with Gasteiger partial charge in [-0.1, -0.05) is 17.7 Å². The van der Waals surface area contributed by atoms with Gasteiger partial charge in [-0.3, -0.25) is 14.3 Å². The second kappa shape index (κ2) is 5.41. The molecule has 0 N–H and O–H groups in total. The highest BCUT2D eigenvalue weighted by Crippen LogP contribution is 2.19. The van der Waals surface area contributed by atoms with E-state index < -0.39 is 0 Å². The van der Waals surface area contributed by atoms with Crippen LogP contribution in [-0.2, 0) is 7.05 Å². The molecule has 0 fully saturated rings. The minimum atomic E-state index is -0.241. The van der Waals surface area contributed by atoms with Gasteiger partial charge in [-0.15, -0.1) is 0 Å². The first-order valence-electron chi connectivity index (χ1n) is 6.52. The van der Waals surface area contributed by atoms with Crippen LogP contribution in [0.1, 0.15) is 44.0 Å². The molecule has 0 spiro atoms. The van der Waals surface area contributed by atoms with Gasteiger partial charge in [0.25, 0.3) is 0 Å². The molecule has 0 saturated heterocycles. The number of nitrogens with zero attached hydrogens (tertiary/aromatic N) is 2. The van der Waals surface area contributed by atoms with Crippen LogP contribution in [0.15, 0.2) is 24.4 Å². The summed E-state index contributed by atoms with van der Waals surface area (Å²) in [6, 6.07) is 5.56. The Morgan fingerprint density at radius 1 is 1.10 bits per heavy atom. The van der Waals surface area contributed by atoms with Gasteiger partial charge in [0.2, 0.25) is 0 Å². The minimum absolute atomic E-state index is 0.137. The molecule has 20 heavy (non-hydrogen) atoms. The standard InChI is InChI=1S/C16H18N2O2/c1-10-7-11(2)16(12(3)8-10)15(20)9-14(19)13-5-6-18(4)17-13/h5-8H,9H2,1-4H3. The normalized spacial score (nSPS) is 10.6. The van der Waals surface area contributed by atoms with Crippen LogP contribution in [0.2, 0.25) is 0 Å². The van der Waals surface area contributed by atoms with E-state index in [2.05, 4.69) is 5.10 Å². The van der Waals surface area contributed by atoms with E-state index in [1.165, 1.54) is 0 Å². The average molecular weight is 270 g/mol. The van der Waals surface area contributed by atoms with Crippen molar-refractivity contribution in [3.63, 3.8) is 0 Å². The predicted molar refractivity (Wildman–Crippen MR) is 77.1 cm³/mol. The Balaban J connectivity index is 2.23. The summed E-state index contributed by atoms with van der Waals surface area (Å²) < 4.78 is 1.56.